The van der Waals surface area contributed by atoms with Crippen LogP contribution in [-0.2, 0) is 0 Å². The van der Waals surface area contributed by atoms with Crippen LogP contribution in [0.4, 0.5) is 14.9 Å². The van der Waals surface area contributed by atoms with E-state index in [4.69, 9.17) is 0 Å². The molecule has 0 radical (unpaired) electrons. The maximum absolute atomic E-state index is 12.9. The first-order valence-corrected chi connectivity index (χ1v) is 10.0. The largest absolute Gasteiger partial charge is 0.351 e. The SMILES string of the molecule is Cc1ccsc1C(=O)NCCC1CCN(C(=O)Nc2ccc(F)cc2)CC1. The number of nitrogens with one attached hydrogen (secondary N) is 2. The molecule has 2 aromatic rings. The summed E-state index contributed by atoms with van der Waals surface area (Å²) < 4.78 is 12.9. The predicted octanol–water partition coefficient (Wildman–Crippen LogP) is 4.26. The minimum Gasteiger partial charge on any atom is -0.351 e. The number of likely N-dealkylation sites (tertiary alicyclic amines) is 1. The van der Waals surface area contributed by atoms with Crippen molar-refractivity contribution < 1.29 is 14.0 Å². The third-order valence-corrected chi connectivity index (χ3v) is 5.92. The highest BCUT2D eigenvalue weighted by Crippen LogP contribution is 2.21. The summed E-state index contributed by atoms with van der Waals surface area (Å²) in [5.41, 5.74) is 1.60. The molecule has 1 fully saturated rings. The molecule has 1 aliphatic heterocycles. The van der Waals surface area contributed by atoms with Crippen molar-refractivity contribution in [3.05, 3.63) is 52.0 Å². The molecule has 2 N–H and O–H groups in total. The summed E-state index contributed by atoms with van der Waals surface area (Å²) in [4.78, 5) is 27.0. The second-order valence-electron chi connectivity index (χ2n) is 6.84. The molecule has 1 aromatic carbocycles. The minimum atomic E-state index is -0.324. The van der Waals surface area contributed by atoms with Crippen LogP contribution in [0.15, 0.2) is 35.7 Å². The second-order valence-corrected chi connectivity index (χ2v) is 7.76. The molecule has 0 unspecified atom stereocenters. The third kappa shape index (κ3) is 5.29. The molecule has 1 saturated heterocycles. The Balaban J connectivity index is 1.37. The molecule has 3 rings (SSSR count). The Morgan fingerprint density at radius 3 is 2.52 bits per heavy atom. The van der Waals surface area contributed by atoms with Gasteiger partial charge in [-0.25, -0.2) is 9.18 Å². The first-order valence-electron chi connectivity index (χ1n) is 9.16. The van der Waals surface area contributed by atoms with Crippen LogP contribution in [0.25, 0.3) is 0 Å². The van der Waals surface area contributed by atoms with E-state index in [9.17, 15) is 14.0 Å². The van der Waals surface area contributed by atoms with Crippen molar-refractivity contribution in [3.8, 4) is 0 Å². The van der Waals surface area contributed by atoms with E-state index in [1.165, 1.54) is 23.5 Å². The Morgan fingerprint density at radius 2 is 1.89 bits per heavy atom. The normalized spacial score (nSPS) is 14.8. The minimum absolute atomic E-state index is 0.00129. The van der Waals surface area contributed by atoms with E-state index in [1.54, 1.807) is 17.0 Å². The van der Waals surface area contributed by atoms with Gasteiger partial charge in [-0.15, -0.1) is 11.3 Å². The second kappa shape index (κ2) is 8.99. The zero-order valence-electron chi connectivity index (χ0n) is 15.3. The van der Waals surface area contributed by atoms with Gasteiger partial charge in [-0.3, -0.25) is 4.79 Å². The van der Waals surface area contributed by atoms with Crippen molar-refractivity contribution >= 4 is 29.0 Å². The van der Waals surface area contributed by atoms with Crippen LogP contribution < -0.4 is 10.6 Å². The van der Waals surface area contributed by atoms with Crippen molar-refractivity contribution in [3.63, 3.8) is 0 Å². The average molecular weight is 389 g/mol. The van der Waals surface area contributed by atoms with E-state index in [0.29, 0.717) is 31.2 Å². The van der Waals surface area contributed by atoms with Crippen molar-refractivity contribution in [2.75, 3.05) is 25.0 Å². The zero-order chi connectivity index (χ0) is 19.2. The lowest BCUT2D eigenvalue weighted by atomic mass is 9.93. The van der Waals surface area contributed by atoms with E-state index in [0.717, 1.165) is 29.7 Å². The number of urea groups is 1. The molecule has 0 bridgehead atoms. The molecule has 5 nitrogen and oxygen atoms in total. The smallest absolute Gasteiger partial charge is 0.321 e. The number of thiophene rings is 1. The van der Waals surface area contributed by atoms with E-state index in [1.807, 2.05) is 18.4 Å². The lowest BCUT2D eigenvalue weighted by Gasteiger charge is -2.32. The quantitative estimate of drug-likeness (QED) is 0.803. The van der Waals surface area contributed by atoms with Gasteiger partial charge in [0, 0.05) is 25.3 Å². The highest BCUT2D eigenvalue weighted by molar-refractivity contribution is 7.12. The highest BCUT2D eigenvalue weighted by Gasteiger charge is 2.23. The van der Waals surface area contributed by atoms with Crippen LogP contribution in [0.1, 0.15) is 34.5 Å². The molecule has 0 saturated carbocycles. The van der Waals surface area contributed by atoms with Crippen LogP contribution in [-0.4, -0.2) is 36.5 Å². The number of amides is 3. The fourth-order valence-corrected chi connectivity index (χ4v) is 4.08. The van der Waals surface area contributed by atoms with Crippen LogP contribution in [0.3, 0.4) is 0 Å². The standard InChI is InChI=1S/C20H24FN3O2S/c1-14-9-13-27-18(14)19(25)22-10-6-15-7-11-24(12-8-15)20(26)23-17-4-2-16(21)3-5-17/h2-5,9,13,15H,6-8,10-12H2,1H3,(H,22,25)(H,23,26). The van der Waals surface area contributed by atoms with Gasteiger partial charge in [0.25, 0.3) is 5.91 Å². The maximum atomic E-state index is 12.9. The lowest BCUT2D eigenvalue weighted by Crippen LogP contribution is -2.41. The lowest BCUT2D eigenvalue weighted by molar-refractivity contribution is 0.0953. The Labute approximate surface area is 162 Å². The summed E-state index contributed by atoms with van der Waals surface area (Å²) in [6.45, 7) is 3.98. The number of rotatable bonds is 5. The van der Waals surface area contributed by atoms with Gasteiger partial charge in [0.2, 0.25) is 0 Å². The molecule has 0 aliphatic carbocycles. The predicted molar refractivity (Wildman–Crippen MR) is 106 cm³/mol. The van der Waals surface area contributed by atoms with Gasteiger partial charge in [-0.2, -0.15) is 0 Å². The highest BCUT2D eigenvalue weighted by atomic mass is 32.1. The van der Waals surface area contributed by atoms with Gasteiger partial charge in [-0.05, 0) is 73.4 Å². The monoisotopic (exact) mass is 389 g/mol. The summed E-state index contributed by atoms with van der Waals surface area (Å²) in [6, 6.07) is 7.56. The topological polar surface area (TPSA) is 61.4 Å². The van der Waals surface area contributed by atoms with Gasteiger partial charge >= 0.3 is 6.03 Å². The van der Waals surface area contributed by atoms with Gasteiger partial charge in [0.05, 0.1) is 4.88 Å². The molecule has 1 aromatic heterocycles. The molecule has 144 valence electrons. The average Bonchev–Trinajstić information content (AvgIpc) is 3.10. The number of nitrogens with zero attached hydrogens (tertiary/aromatic N) is 1. The zero-order valence-corrected chi connectivity index (χ0v) is 16.2. The fraction of sp³-hybridized carbons (Fsp3) is 0.400. The molecule has 2 heterocycles. The number of anilines is 1. The third-order valence-electron chi connectivity index (χ3n) is 4.90. The number of halogens is 1. The van der Waals surface area contributed by atoms with E-state index in [2.05, 4.69) is 10.6 Å². The van der Waals surface area contributed by atoms with Crippen molar-refractivity contribution in [1.82, 2.24) is 10.2 Å². The van der Waals surface area contributed by atoms with E-state index >= 15 is 0 Å². The number of carbonyl (C=O) groups is 2. The fourth-order valence-electron chi connectivity index (χ4n) is 3.24. The molecule has 3 amide bonds. The van der Waals surface area contributed by atoms with Gasteiger partial charge in [-0.1, -0.05) is 0 Å². The number of hydrogen-bond donors (Lipinski definition) is 2. The van der Waals surface area contributed by atoms with Crippen molar-refractivity contribution in [2.45, 2.75) is 26.2 Å². The van der Waals surface area contributed by atoms with Gasteiger partial charge in [0.15, 0.2) is 0 Å². The Bertz CT molecular complexity index is 783. The molecular formula is C20H24FN3O2S. The molecule has 27 heavy (non-hydrogen) atoms. The molecule has 7 heteroatoms. The molecule has 0 atom stereocenters. The Morgan fingerprint density at radius 1 is 1.19 bits per heavy atom. The van der Waals surface area contributed by atoms with Crippen molar-refractivity contribution in [1.29, 1.82) is 0 Å². The van der Waals surface area contributed by atoms with Gasteiger partial charge < -0.3 is 15.5 Å². The van der Waals surface area contributed by atoms with Gasteiger partial charge in [0.1, 0.15) is 5.82 Å². The molecular weight excluding hydrogens is 365 g/mol. The van der Waals surface area contributed by atoms with Crippen LogP contribution in [0, 0.1) is 18.7 Å². The summed E-state index contributed by atoms with van der Waals surface area (Å²) in [5, 5.41) is 7.72. The van der Waals surface area contributed by atoms with E-state index < -0.39 is 0 Å². The first kappa shape index (κ1) is 19.4. The Kier molecular flexibility index (Phi) is 6.45. The number of aryl methyl sites for hydroxylation is 1. The number of piperidine rings is 1. The summed E-state index contributed by atoms with van der Waals surface area (Å²) >= 11 is 1.46. The number of hydrogen-bond acceptors (Lipinski definition) is 3. The first-order chi connectivity index (χ1) is 13.0. The molecule has 1 aliphatic rings. The Hall–Kier alpha value is -2.41. The van der Waals surface area contributed by atoms with Crippen LogP contribution >= 0.6 is 11.3 Å². The number of carbonyl (C=O) groups excluding carboxylic acids is 2. The summed E-state index contributed by atoms with van der Waals surface area (Å²) in [6.07, 6.45) is 2.76. The summed E-state index contributed by atoms with van der Waals surface area (Å²) in [7, 11) is 0. The van der Waals surface area contributed by atoms with Crippen LogP contribution in [0.5, 0.6) is 0 Å². The number of benzene rings is 1. The van der Waals surface area contributed by atoms with Crippen molar-refractivity contribution in [2.24, 2.45) is 5.92 Å². The summed E-state index contributed by atoms with van der Waals surface area (Å²) in [5.74, 6) is 0.179. The van der Waals surface area contributed by atoms with E-state index in [-0.39, 0.29) is 17.8 Å². The maximum Gasteiger partial charge on any atom is 0.321 e. The van der Waals surface area contributed by atoms with Crippen LogP contribution in [0.2, 0.25) is 0 Å². The molecule has 0 spiro atoms.